The molecule has 4 heteroatoms. The van der Waals surface area contributed by atoms with Crippen LogP contribution in [0, 0.1) is 0 Å². The fourth-order valence-electron chi connectivity index (χ4n) is 1.31. The van der Waals surface area contributed by atoms with E-state index in [1.165, 1.54) is 0 Å². The monoisotopic (exact) mass is 226 g/mol. The van der Waals surface area contributed by atoms with Crippen LogP contribution in [0.4, 0.5) is 0 Å². The van der Waals surface area contributed by atoms with E-state index in [1.807, 2.05) is 19.1 Å². The van der Waals surface area contributed by atoms with Crippen LogP contribution < -0.4 is 0 Å². The number of carboxylic acids is 1. The quantitative estimate of drug-likeness (QED) is 0.829. The molecule has 0 heterocycles. The molecule has 1 unspecified atom stereocenters. The van der Waals surface area contributed by atoms with E-state index in [1.54, 1.807) is 12.1 Å². The van der Waals surface area contributed by atoms with Gasteiger partial charge in [-0.15, -0.1) is 0 Å². The number of hydrogen-bond donors (Lipinski definition) is 1. The third kappa shape index (κ3) is 3.83. The van der Waals surface area contributed by atoms with E-state index in [-0.39, 0.29) is 6.42 Å². The van der Waals surface area contributed by atoms with Gasteiger partial charge in [0, 0.05) is 22.3 Å². The van der Waals surface area contributed by atoms with Gasteiger partial charge in [0.25, 0.3) is 0 Å². The molecular weight excluding hydrogens is 212 g/mol. The van der Waals surface area contributed by atoms with Gasteiger partial charge in [0.15, 0.2) is 0 Å². The van der Waals surface area contributed by atoms with Crippen LogP contribution >= 0.6 is 0 Å². The number of aliphatic carboxylic acids is 1. The first-order valence-corrected chi connectivity index (χ1v) is 6.25. The fourth-order valence-corrected chi connectivity index (χ4v) is 2.14. The number of carbonyl (C=O) groups is 1. The smallest absolute Gasteiger partial charge is 0.307 e. The molecule has 0 amide bonds. The van der Waals surface area contributed by atoms with Crippen LogP contribution in [0.5, 0.6) is 0 Å². The Labute approximate surface area is 91.6 Å². The van der Waals surface area contributed by atoms with E-state index in [2.05, 4.69) is 0 Å². The van der Waals surface area contributed by atoms with Gasteiger partial charge in [-0.1, -0.05) is 31.2 Å². The third-order valence-corrected chi connectivity index (χ3v) is 3.38. The first kappa shape index (κ1) is 11.9. The Morgan fingerprint density at radius 3 is 2.47 bits per heavy atom. The maximum Gasteiger partial charge on any atom is 0.307 e. The van der Waals surface area contributed by atoms with E-state index in [0.717, 1.165) is 11.1 Å². The number of rotatable bonds is 5. The Bertz CT molecular complexity index is 374. The summed E-state index contributed by atoms with van der Waals surface area (Å²) in [4.78, 5) is 10.6. The molecule has 0 saturated heterocycles. The Morgan fingerprint density at radius 1 is 1.33 bits per heavy atom. The molecule has 82 valence electrons. The van der Waals surface area contributed by atoms with E-state index in [4.69, 9.17) is 5.11 Å². The van der Waals surface area contributed by atoms with Crippen LogP contribution in [0.2, 0.25) is 0 Å². The lowest BCUT2D eigenvalue weighted by molar-refractivity contribution is -0.136. The molecule has 0 aliphatic heterocycles. The predicted octanol–water partition coefficient (Wildman–Crippen LogP) is 1.58. The highest BCUT2D eigenvalue weighted by molar-refractivity contribution is 7.84. The maximum atomic E-state index is 11.4. The van der Waals surface area contributed by atoms with Gasteiger partial charge >= 0.3 is 5.97 Å². The lowest BCUT2D eigenvalue weighted by atomic mass is 10.1. The third-order valence-electron chi connectivity index (χ3n) is 2.10. The summed E-state index contributed by atoms with van der Waals surface area (Å²) in [5, 5.41) is 8.71. The standard InChI is InChI=1S/C11H14O3S/c1-2-15(14)8-10-6-4-3-5-9(10)7-11(12)13/h3-6H,2,7-8H2,1H3,(H,12,13). The summed E-state index contributed by atoms with van der Waals surface area (Å²) in [7, 11) is -0.896. The summed E-state index contributed by atoms with van der Waals surface area (Å²) < 4.78 is 11.4. The van der Waals surface area contributed by atoms with Gasteiger partial charge in [-0.25, -0.2) is 0 Å². The summed E-state index contributed by atoms with van der Waals surface area (Å²) in [6, 6.07) is 7.26. The SMILES string of the molecule is CCS(=O)Cc1ccccc1CC(=O)O. The van der Waals surface area contributed by atoms with Crippen molar-refractivity contribution in [2.24, 2.45) is 0 Å². The van der Waals surface area contributed by atoms with Crippen molar-refractivity contribution >= 4 is 16.8 Å². The molecule has 0 saturated carbocycles. The van der Waals surface area contributed by atoms with E-state index in [0.29, 0.717) is 11.5 Å². The van der Waals surface area contributed by atoms with Crippen molar-refractivity contribution in [1.29, 1.82) is 0 Å². The molecule has 15 heavy (non-hydrogen) atoms. The van der Waals surface area contributed by atoms with Crippen molar-refractivity contribution in [2.45, 2.75) is 19.1 Å². The predicted molar refractivity (Wildman–Crippen MR) is 60.2 cm³/mol. The highest BCUT2D eigenvalue weighted by Crippen LogP contribution is 2.12. The lowest BCUT2D eigenvalue weighted by Crippen LogP contribution is -2.06. The van der Waals surface area contributed by atoms with Crippen LogP contribution in [0.1, 0.15) is 18.1 Å². The summed E-state index contributed by atoms with van der Waals surface area (Å²) in [5.41, 5.74) is 1.63. The van der Waals surface area contributed by atoms with E-state index in [9.17, 15) is 9.00 Å². The zero-order chi connectivity index (χ0) is 11.3. The molecule has 0 aromatic heterocycles. The highest BCUT2D eigenvalue weighted by Gasteiger charge is 2.07. The second-order valence-corrected chi connectivity index (χ2v) is 4.96. The fraction of sp³-hybridized carbons (Fsp3) is 0.364. The van der Waals surface area contributed by atoms with Crippen molar-refractivity contribution in [2.75, 3.05) is 5.75 Å². The minimum Gasteiger partial charge on any atom is -0.481 e. The Hall–Kier alpha value is -1.16. The molecule has 1 N–H and O–H groups in total. The molecular formula is C11H14O3S. The van der Waals surface area contributed by atoms with Crippen LogP contribution in [0.3, 0.4) is 0 Å². The zero-order valence-corrected chi connectivity index (χ0v) is 9.42. The molecule has 3 nitrogen and oxygen atoms in total. The van der Waals surface area contributed by atoms with Crippen molar-refractivity contribution in [3.8, 4) is 0 Å². The van der Waals surface area contributed by atoms with Crippen molar-refractivity contribution in [3.63, 3.8) is 0 Å². The van der Waals surface area contributed by atoms with Crippen molar-refractivity contribution < 1.29 is 14.1 Å². The van der Waals surface area contributed by atoms with Gasteiger partial charge in [0.05, 0.1) is 6.42 Å². The molecule has 0 aliphatic carbocycles. The Kier molecular flexibility index (Phi) is 4.49. The normalized spacial score (nSPS) is 12.3. The summed E-state index contributed by atoms with van der Waals surface area (Å²) in [6.45, 7) is 1.86. The number of benzene rings is 1. The van der Waals surface area contributed by atoms with E-state index < -0.39 is 16.8 Å². The summed E-state index contributed by atoms with van der Waals surface area (Å²) in [5.74, 6) is 0.186. The molecule has 1 aromatic carbocycles. The second kappa shape index (κ2) is 5.66. The average Bonchev–Trinajstić information content (AvgIpc) is 2.20. The molecule has 1 rings (SSSR count). The molecule has 1 atom stereocenters. The van der Waals surface area contributed by atoms with E-state index >= 15 is 0 Å². The first-order chi connectivity index (χ1) is 7.13. The molecule has 0 aliphatic rings. The Morgan fingerprint density at radius 2 is 1.93 bits per heavy atom. The van der Waals surface area contributed by atoms with Crippen molar-refractivity contribution in [1.82, 2.24) is 0 Å². The molecule has 0 bridgehead atoms. The molecule has 1 aromatic rings. The lowest BCUT2D eigenvalue weighted by Gasteiger charge is -2.06. The summed E-state index contributed by atoms with van der Waals surface area (Å²) >= 11 is 0. The Balaban J connectivity index is 2.85. The second-order valence-electron chi connectivity index (χ2n) is 3.21. The molecule has 0 radical (unpaired) electrons. The van der Waals surface area contributed by atoms with Crippen molar-refractivity contribution in [3.05, 3.63) is 35.4 Å². The molecule has 0 spiro atoms. The van der Waals surface area contributed by atoms with Gasteiger partial charge in [-0.05, 0) is 11.1 Å². The van der Waals surface area contributed by atoms with Gasteiger partial charge in [-0.2, -0.15) is 0 Å². The summed E-state index contributed by atoms with van der Waals surface area (Å²) in [6.07, 6.45) is -0.00289. The number of carboxylic acid groups (broad SMARTS) is 1. The van der Waals surface area contributed by atoms with Crippen LogP contribution in [0.25, 0.3) is 0 Å². The molecule has 0 fully saturated rings. The maximum absolute atomic E-state index is 11.4. The largest absolute Gasteiger partial charge is 0.481 e. The van der Waals surface area contributed by atoms with Gasteiger partial charge in [-0.3, -0.25) is 9.00 Å². The minimum atomic E-state index is -0.896. The van der Waals surface area contributed by atoms with Gasteiger partial charge < -0.3 is 5.11 Å². The highest BCUT2D eigenvalue weighted by atomic mass is 32.2. The van der Waals surface area contributed by atoms with Gasteiger partial charge in [0.2, 0.25) is 0 Å². The van der Waals surface area contributed by atoms with Crippen LogP contribution in [0.15, 0.2) is 24.3 Å². The topological polar surface area (TPSA) is 54.4 Å². The van der Waals surface area contributed by atoms with Crippen LogP contribution in [-0.4, -0.2) is 21.0 Å². The minimum absolute atomic E-state index is 0.00289. The average molecular weight is 226 g/mol. The number of hydrogen-bond acceptors (Lipinski definition) is 2. The zero-order valence-electron chi connectivity index (χ0n) is 8.60. The first-order valence-electron chi connectivity index (χ1n) is 4.77. The van der Waals surface area contributed by atoms with Crippen LogP contribution in [-0.2, 0) is 27.8 Å². The van der Waals surface area contributed by atoms with Gasteiger partial charge in [0.1, 0.15) is 0 Å².